The average Bonchev–Trinajstić information content (AvgIpc) is 2.69. The Balaban J connectivity index is 2.01. The maximum atomic E-state index is 12.7. The van der Waals surface area contributed by atoms with Crippen molar-refractivity contribution in [2.75, 3.05) is 5.32 Å². The van der Waals surface area contributed by atoms with E-state index in [4.69, 9.17) is 0 Å². The SMILES string of the molecule is CC(=O)c1ccc(NC(=NS(=O)(=O)c2ccccc2)c2ccccc2)cc1. The zero-order chi connectivity index (χ0) is 19.3. The van der Waals surface area contributed by atoms with Crippen molar-refractivity contribution in [3.63, 3.8) is 0 Å². The summed E-state index contributed by atoms with van der Waals surface area (Å²) >= 11 is 0. The van der Waals surface area contributed by atoms with E-state index in [-0.39, 0.29) is 16.5 Å². The predicted octanol–water partition coefficient (Wildman–Crippen LogP) is 4.14. The summed E-state index contributed by atoms with van der Waals surface area (Å²) in [4.78, 5) is 11.5. The summed E-state index contributed by atoms with van der Waals surface area (Å²) in [5, 5.41) is 3.05. The van der Waals surface area contributed by atoms with E-state index >= 15 is 0 Å². The molecule has 3 rings (SSSR count). The Morgan fingerprint density at radius 3 is 1.89 bits per heavy atom. The van der Waals surface area contributed by atoms with Gasteiger partial charge in [0.1, 0.15) is 0 Å². The number of carbonyl (C=O) groups excluding carboxylic acids is 1. The molecule has 0 spiro atoms. The molecule has 0 fully saturated rings. The fourth-order valence-electron chi connectivity index (χ4n) is 2.43. The summed E-state index contributed by atoms with van der Waals surface area (Å²) in [6.07, 6.45) is 0. The fraction of sp³-hybridized carbons (Fsp3) is 0.0476. The van der Waals surface area contributed by atoms with Gasteiger partial charge in [0.2, 0.25) is 0 Å². The fourth-order valence-corrected chi connectivity index (χ4v) is 3.43. The first-order valence-electron chi connectivity index (χ1n) is 8.29. The highest BCUT2D eigenvalue weighted by molar-refractivity contribution is 7.90. The lowest BCUT2D eigenvalue weighted by Crippen LogP contribution is -2.16. The van der Waals surface area contributed by atoms with E-state index < -0.39 is 10.0 Å². The van der Waals surface area contributed by atoms with E-state index in [0.29, 0.717) is 16.8 Å². The lowest BCUT2D eigenvalue weighted by molar-refractivity contribution is 0.101. The van der Waals surface area contributed by atoms with Gasteiger partial charge in [-0.1, -0.05) is 48.5 Å². The Hall–Kier alpha value is -3.25. The maximum absolute atomic E-state index is 12.7. The largest absolute Gasteiger partial charge is 0.339 e. The molecular formula is C21H18N2O3S. The molecule has 0 aliphatic rings. The highest BCUT2D eigenvalue weighted by Crippen LogP contribution is 2.16. The number of carbonyl (C=O) groups is 1. The highest BCUT2D eigenvalue weighted by Gasteiger charge is 2.15. The van der Waals surface area contributed by atoms with Crippen molar-refractivity contribution in [1.82, 2.24) is 0 Å². The van der Waals surface area contributed by atoms with Crippen LogP contribution in [0.25, 0.3) is 0 Å². The van der Waals surface area contributed by atoms with E-state index in [1.807, 2.05) is 6.07 Å². The molecule has 5 nitrogen and oxygen atoms in total. The number of rotatable bonds is 5. The van der Waals surface area contributed by atoms with Gasteiger partial charge in [-0.3, -0.25) is 4.79 Å². The van der Waals surface area contributed by atoms with Crippen molar-refractivity contribution in [3.8, 4) is 0 Å². The number of sulfonamides is 1. The summed E-state index contributed by atoms with van der Waals surface area (Å²) < 4.78 is 29.4. The number of amidine groups is 1. The number of ketones is 1. The first kappa shape index (κ1) is 18.5. The van der Waals surface area contributed by atoms with Gasteiger partial charge < -0.3 is 5.32 Å². The van der Waals surface area contributed by atoms with Crippen molar-refractivity contribution in [2.45, 2.75) is 11.8 Å². The van der Waals surface area contributed by atoms with E-state index in [2.05, 4.69) is 9.71 Å². The molecule has 0 atom stereocenters. The summed E-state index contributed by atoms with van der Waals surface area (Å²) in [6.45, 7) is 1.49. The Bertz CT molecular complexity index is 1060. The molecule has 3 aromatic carbocycles. The molecule has 0 amide bonds. The maximum Gasteiger partial charge on any atom is 0.284 e. The second-order valence-corrected chi connectivity index (χ2v) is 7.46. The van der Waals surface area contributed by atoms with Crippen LogP contribution in [0.15, 0.2) is 94.2 Å². The van der Waals surface area contributed by atoms with E-state index in [0.717, 1.165) is 0 Å². The third-order valence-corrected chi connectivity index (χ3v) is 5.14. The van der Waals surface area contributed by atoms with Gasteiger partial charge in [0.15, 0.2) is 11.6 Å². The van der Waals surface area contributed by atoms with Crippen LogP contribution < -0.4 is 5.32 Å². The first-order valence-corrected chi connectivity index (χ1v) is 9.73. The van der Waals surface area contributed by atoms with Gasteiger partial charge in [0.25, 0.3) is 10.0 Å². The Morgan fingerprint density at radius 1 is 0.778 bits per heavy atom. The average molecular weight is 378 g/mol. The minimum atomic E-state index is -3.88. The predicted molar refractivity (Wildman–Crippen MR) is 107 cm³/mol. The summed E-state index contributed by atoms with van der Waals surface area (Å²) in [5.74, 6) is 0.167. The smallest absolute Gasteiger partial charge is 0.284 e. The van der Waals surface area contributed by atoms with Gasteiger partial charge in [0, 0.05) is 16.8 Å². The standard InChI is InChI=1S/C21H18N2O3S/c1-16(24)17-12-14-19(15-13-17)22-21(18-8-4-2-5-9-18)23-27(25,26)20-10-6-3-7-11-20/h2-15H,1H3,(H,22,23). The van der Waals surface area contributed by atoms with E-state index in [1.165, 1.54) is 19.1 Å². The molecule has 0 radical (unpaired) electrons. The van der Waals surface area contributed by atoms with Crippen molar-refractivity contribution in [3.05, 3.63) is 96.1 Å². The number of anilines is 1. The zero-order valence-corrected chi connectivity index (χ0v) is 15.5. The van der Waals surface area contributed by atoms with Gasteiger partial charge in [-0.2, -0.15) is 8.42 Å². The van der Waals surface area contributed by atoms with Gasteiger partial charge in [-0.25, -0.2) is 0 Å². The highest BCUT2D eigenvalue weighted by atomic mass is 32.2. The van der Waals surface area contributed by atoms with Crippen LogP contribution in [-0.2, 0) is 10.0 Å². The molecule has 0 aromatic heterocycles. The third kappa shape index (κ3) is 4.68. The number of benzene rings is 3. The quantitative estimate of drug-likeness (QED) is 0.411. The van der Waals surface area contributed by atoms with Crippen molar-refractivity contribution < 1.29 is 13.2 Å². The second kappa shape index (κ2) is 7.97. The molecule has 0 heterocycles. The molecule has 3 aromatic rings. The Labute approximate surface area is 158 Å². The molecule has 0 aliphatic heterocycles. The number of nitrogens with one attached hydrogen (secondary N) is 1. The van der Waals surface area contributed by atoms with Gasteiger partial charge in [0.05, 0.1) is 4.90 Å². The van der Waals surface area contributed by atoms with E-state index in [1.54, 1.807) is 66.7 Å². The second-order valence-electron chi connectivity index (χ2n) is 5.85. The van der Waals surface area contributed by atoms with Crippen LogP contribution in [0.1, 0.15) is 22.8 Å². The Morgan fingerprint density at radius 2 is 1.33 bits per heavy atom. The molecule has 0 aliphatic carbocycles. The molecule has 0 unspecified atom stereocenters. The molecule has 0 saturated heterocycles. The first-order chi connectivity index (χ1) is 13.0. The van der Waals surface area contributed by atoms with Gasteiger partial charge in [-0.05, 0) is 43.3 Å². The lowest BCUT2D eigenvalue weighted by atomic mass is 10.1. The zero-order valence-electron chi connectivity index (χ0n) is 14.7. The number of nitrogens with zero attached hydrogens (tertiary/aromatic N) is 1. The van der Waals surface area contributed by atoms with Crippen molar-refractivity contribution in [1.29, 1.82) is 0 Å². The van der Waals surface area contributed by atoms with Crippen LogP contribution in [0.5, 0.6) is 0 Å². The summed E-state index contributed by atoms with van der Waals surface area (Å²) in [5.41, 5.74) is 1.84. The van der Waals surface area contributed by atoms with Crippen LogP contribution in [0.4, 0.5) is 5.69 Å². The minimum Gasteiger partial charge on any atom is -0.339 e. The van der Waals surface area contributed by atoms with Crippen LogP contribution in [0, 0.1) is 0 Å². The third-order valence-electron chi connectivity index (χ3n) is 3.85. The summed E-state index contributed by atoms with van der Waals surface area (Å²) in [7, 11) is -3.88. The van der Waals surface area contributed by atoms with Crippen LogP contribution in [0.3, 0.4) is 0 Å². The molecule has 6 heteroatoms. The molecule has 27 heavy (non-hydrogen) atoms. The topological polar surface area (TPSA) is 75.6 Å². The monoisotopic (exact) mass is 378 g/mol. The van der Waals surface area contributed by atoms with Crippen LogP contribution in [0.2, 0.25) is 0 Å². The van der Waals surface area contributed by atoms with Gasteiger partial charge in [-0.15, -0.1) is 4.40 Å². The summed E-state index contributed by atoms with van der Waals surface area (Å²) in [6, 6.07) is 23.8. The number of Topliss-reactive ketones (excluding diaryl/α,β-unsaturated/α-hetero) is 1. The number of hydrogen-bond acceptors (Lipinski definition) is 3. The van der Waals surface area contributed by atoms with E-state index in [9.17, 15) is 13.2 Å². The molecule has 1 N–H and O–H groups in total. The molecular weight excluding hydrogens is 360 g/mol. The molecule has 136 valence electrons. The normalized spacial score (nSPS) is 11.8. The molecule has 0 bridgehead atoms. The van der Waals surface area contributed by atoms with Crippen molar-refractivity contribution >= 4 is 27.3 Å². The van der Waals surface area contributed by atoms with Gasteiger partial charge >= 0.3 is 0 Å². The number of hydrogen-bond donors (Lipinski definition) is 1. The van der Waals surface area contributed by atoms with Crippen LogP contribution >= 0.6 is 0 Å². The van der Waals surface area contributed by atoms with Crippen molar-refractivity contribution in [2.24, 2.45) is 4.40 Å². The van der Waals surface area contributed by atoms with Crippen LogP contribution in [-0.4, -0.2) is 20.0 Å². The Kier molecular flexibility index (Phi) is 5.47. The lowest BCUT2D eigenvalue weighted by Gasteiger charge is -2.11. The molecule has 0 saturated carbocycles. The minimum absolute atomic E-state index is 0.0369.